The van der Waals surface area contributed by atoms with Crippen molar-refractivity contribution in [2.45, 2.75) is 42.7 Å². The number of carbonyl (C=O) groups excluding carboxylic acids is 3. The summed E-state index contributed by atoms with van der Waals surface area (Å²) >= 11 is 1.26. The van der Waals surface area contributed by atoms with Crippen molar-refractivity contribution in [3.05, 3.63) is 131 Å². The van der Waals surface area contributed by atoms with E-state index in [0.29, 0.717) is 17.0 Å². The van der Waals surface area contributed by atoms with Crippen molar-refractivity contribution in [3.63, 3.8) is 0 Å². The number of ether oxygens (including phenoxy) is 1. The molecule has 0 aromatic heterocycles. The van der Waals surface area contributed by atoms with Crippen LogP contribution in [-0.2, 0) is 24.6 Å². The number of aliphatic hydroxyl groups excluding tert-OH is 1. The molecule has 10 nitrogen and oxygen atoms in total. The van der Waals surface area contributed by atoms with Crippen molar-refractivity contribution in [2.75, 3.05) is 23.8 Å². The predicted molar refractivity (Wildman–Crippen MR) is 188 cm³/mol. The van der Waals surface area contributed by atoms with Crippen molar-refractivity contribution >= 4 is 41.1 Å². The molecular weight excluding hydrogens is 680 g/mol. The number of amides is 3. The molecule has 1 aliphatic rings. The maximum atomic E-state index is 13.7. The van der Waals surface area contributed by atoms with E-state index in [2.05, 4.69) is 10.6 Å². The van der Waals surface area contributed by atoms with Gasteiger partial charge in [-0.2, -0.15) is 0 Å². The first-order valence-corrected chi connectivity index (χ1v) is 17.1. The second kappa shape index (κ2) is 16.2. The molecular formula is C38H37F2N3O7S. The summed E-state index contributed by atoms with van der Waals surface area (Å²) in [5.41, 5.74) is 1.54. The molecule has 4 aromatic carbocycles. The summed E-state index contributed by atoms with van der Waals surface area (Å²) in [6.07, 6.45) is -0.934. The van der Waals surface area contributed by atoms with Gasteiger partial charge in [0.25, 0.3) is 5.91 Å². The van der Waals surface area contributed by atoms with Gasteiger partial charge in [-0.25, -0.2) is 13.6 Å². The molecule has 3 amide bonds. The third-order valence-corrected chi connectivity index (χ3v) is 10.00. The number of hydrogen-bond acceptors (Lipinski definition) is 7. The molecule has 51 heavy (non-hydrogen) atoms. The first kappa shape index (κ1) is 37.0. The fraction of sp³-hybridized carbons (Fsp3) is 0.263. The predicted octanol–water partition coefficient (Wildman–Crippen LogP) is 4.93. The lowest BCUT2D eigenvalue weighted by molar-refractivity contribution is -0.143. The van der Waals surface area contributed by atoms with E-state index < -0.39 is 71.4 Å². The summed E-state index contributed by atoms with van der Waals surface area (Å²) in [7, 11) is 0. The second-order valence-corrected chi connectivity index (χ2v) is 13.7. The number of anilines is 1. The topological polar surface area (TPSA) is 145 Å². The highest BCUT2D eigenvalue weighted by Crippen LogP contribution is 2.46. The Labute approximate surface area is 297 Å². The Hall–Kier alpha value is -5.27. The zero-order valence-corrected chi connectivity index (χ0v) is 28.6. The second-order valence-electron chi connectivity index (χ2n) is 12.5. The number of nitrogens with one attached hydrogen (secondary N) is 2. The van der Waals surface area contributed by atoms with Crippen LogP contribution in [0.15, 0.2) is 103 Å². The molecule has 0 bridgehead atoms. The standard InChI is InChI=1S/C38H37F2N3O7S/c1-38(2,25-6-4-3-5-7-25)35(37(48)49)42-31(45)20-41-32(46)21-50-29-18-10-24(11-19-29)33-34(36(47)43(33)28-16-14-27(40)15-17-28)51-22-30(44)23-8-12-26(39)13-9-23/h3-19,30,33-35,44H,20-22H2,1-2H3,(H,41,46)(H,42,45)(H,48,49)/t30?,33-,34-,35+/m1/s1. The van der Waals surface area contributed by atoms with Crippen LogP contribution in [-0.4, -0.2) is 64.1 Å². The van der Waals surface area contributed by atoms with E-state index in [9.17, 15) is 38.2 Å². The summed E-state index contributed by atoms with van der Waals surface area (Å²) in [4.78, 5) is 52.0. The highest BCUT2D eigenvalue weighted by molar-refractivity contribution is 8.00. The average Bonchev–Trinajstić information content (AvgIpc) is 3.12. The quantitative estimate of drug-likeness (QED) is 0.127. The molecule has 4 aromatic rings. The number of β-lactam (4-membered cyclic amide) rings is 1. The van der Waals surface area contributed by atoms with Crippen molar-refractivity contribution in [3.8, 4) is 5.75 Å². The first-order chi connectivity index (χ1) is 24.3. The maximum Gasteiger partial charge on any atom is 0.327 e. The van der Waals surface area contributed by atoms with Crippen LogP contribution in [0.1, 0.15) is 42.7 Å². The fourth-order valence-electron chi connectivity index (χ4n) is 5.75. The molecule has 0 saturated carbocycles. The number of benzene rings is 4. The summed E-state index contributed by atoms with van der Waals surface area (Å²) in [5, 5.41) is 24.8. The molecule has 1 fully saturated rings. The molecule has 0 radical (unpaired) electrons. The van der Waals surface area contributed by atoms with E-state index >= 15 is 0 Å². The van der Waals surface area contributed by atoms with Gasteiger partial charge in [0, 0.05) is 16.9 Å². The molecule has 1 heterocycles. The third kappa shape index (κ3) is 8.91. The zero-order valence-electron chi connectivity index (χ0n) is 27.8. The molecule has 4 atom stereocenters. The highest BCUT2D eigenvalue weighted by Gasteiger charge is 2.49. The van der Waals surface area contributed by atoms with E-state index in [-0.39, 0.29) is 11.7 Å². The Morgan fingerprint density at radius 2 is 1.49 bits per heavy atom. The van der Waals surface area contributed by atoms with Crippen LogP contribution in [0.4, 0.5) is 14.5 Å². The number of aliphatic hydroxyl groups is 1. The van der Waals surface area contributed by atoms with Gasteiger partial charge in [-0.3, -0.25) is 14.4 Å². The summed E-state index contributed by atoms with van der Waals surface area (Å²) in [6.45, 7) is 2.54. The Kier molecular flexibility index (Phi) is 11.7. The van der Waals surface area contributed by atoms with E-state index in [1.165, 1.54) is 60.3 Å². The molecule has 0 spiro atoms. The Morgan fingerprint density at radius 3 is 2.10 bits per heavy atom. The van der Waals surface area contributed by atoms with Crippen molar-refractivity contribution in [1.29, 1.82) is 0 Å². The lowest BCUT2D eigenvalue weighted by Gasteiger charge is -2.47. The molecule has 5 rings (SSSR count). The van der Waals surface area contributed by atoms with Crippen LogP contribution in [0.25, 0.3) is 0 Å². The molecule has 1 aliphatic heterocycles. The number of rotatable bonds is 15. The molecule has 1 unspecified atom stereocenters. The van der Waals surface area contributed by atoms with Gasteiger partial charge >= 0.3 is 5.97 Å². The van der Waals surface area contributed by atoms with Gasteiger partial charge in [-0.05, 0) is 65.2 Å². The van der Waals surface area contributed by atoms with E-state index in [4.69, 9.17) is 4.74 Å². The molecule has 1 saturated heterocycles. The number of aliphatic carboxylic acids is 1. The van der Waals surface area contributed by atoms with Crippen LogP contribution in [0.3, 0.4) is 0 Å². The highest BCUT2D eigenvalue weighted by atomic mass is 32.2. The number of halogens is 2. The van der Waals surface area contributed by atoms with Crippen LogP contribution in [0.5, 0.6) is 5.75 Å². The Bertz CT molecular complexity index is 1840. The summed E-state index contributed by atoms with van der Waals surface area (Å²) in [5.74, 6) is -3.08. The Balaban J connectivity index is 1.17. The number of nitrogens with zero attached hydrogens (tertiary/aromatic N) is 1. The summed E-state index contributed by atoms with van der Waals surface area (Å²) < 4.78 is 32.6. The zero-order chi connectivity index (χ0) is 36.7. The monoisotopic (exact) mass is 717 g/mol. The number of carboxylic acids is 1. The van der Waals surface area contributed by atoms with Gasteiger partial charge in [0.15, 0.2) is 6.61 Å². The Morgan fingerprint density at radius 1 is 0.882 bits per heavy atom. The van der Waals surface area contributed by atoms with Crippen molar-refractivity contribution in [1.82, 2.24) is 10.6 Å². The van der Waals surface area contributed by atoms with Crippen LogP contribution in [0.2, 0.25) is 0 Å². The number of thioether (sulfide) groups is 1. The average molecular weight is 718 g/mol. The van der Waals surface area contributed by atoms with Crippen LogP contribution in [0, 0.1) is 11.6 Å². The first-order valence-electron chi connectivity index (χ1n) is 16.1. The van der Waals surface area contributed by atoms with Gasteiger partial charge in [-0.15, -0.1) is 11.8 Å². The minimum Gasteiger partial charge on any atom is -0.484 e. The summed E-state index contributed by atoms with van der Waals surface area (Å²) in [6, 6.07) is 25.0. The SMILES string of the molecule is CC(C)(c1ccccc1)[C@@H](NC(=O)CNC(=O)COc1ccc([C@@H]2[C@@H](SCC(O)c3ccc(F)cc3)C(=O)N2c2ccc(F)cc2)cc1)C(=O)O. The lowest BCUT2D eigenvalue weighted by Crippen LogP contribution is -2.57. The smallest absolute Gasteiger partial charge is 0.327 e. The normalized spacial score (nSPS) is 16.8. The minimum atomic E-state index is -1.25. The van der Waals surface area contributed by atoms with Crippen LogP contribution < -0.4 is 20.3 Å². The van der Waals surface area contributed by atoms with Gasteiger partial charge < -0.3 is 30.5 Å². The lowest BCUT2D eigenvalue weighted by atomic mass is 9.77. The molecule has 266 valence electrons. The van der Waals surface area contributed by atoms with E-state index in [1.54, 1.807) is 67.3 Å². The molecule has 13 heteroatoms. The number of carboxylic acid groups (broad SMARTS) is 1. The number of carbonyl (C=O) groups is 4. The van der Waals surface area contributed by atoms with Gasteiger partial charge in [0.05, 0.1) is 18.7 Å². The minimum absolute atomic E-state index is 0.172. The van der Waals surface area contributed by atoms with Gasteiger partial charge in [0.1, 0.15) is 28.7 Å². The van der Waals surface area contributed by atoms with Crippen LogP contribution >= 0.6 is 11.8 Å². The van der Waals surface area contributed by atoms with Crippen molar-refractivity contribution < 1.29 is 42.9 Å². The van der Waals surface area contributed by atoms with E-state index in [0.717, 1.165) is 11.1 Å². The maximum absolute atomic E-state index is 13.7. The fourth-order valence-corrected chi connectivity index (χ4v) is 7.05. The van der Waals surface area contributed by atoms with E-state index in [1.807, 2.05) is 6.07 Å². The third-order valence-electron chi connectivity index (χ3n) is 8.67. The van der Waals surface area contributed by atoms with Gasteiger partial charge in [0.2, 0.25) is 11.8 Å². The van der Waals surface area contributed by atoms with Gasteiger partial charge in [-0.1, -0.05) is 68.4 Å². The number of hydrogen-bond donors (Lipinski definition) is 4. The molecule has 4 N–H and O–H groups in total. The van der Waals surface area contributed by atoms with Crippen molar-refractivity contribution in [2.24, 2.45) is 0 Å². The molecule has 0 aliphatic carbocycles. The largest absolute Gasteiger partial charge is 0.484 e.